The molecule has 0 saturated carbocycles. The standard InChI is InChI=1S/C22H28N4O3/c1-17-7-3-4-8-18(17)24-22(28)21(27)23-11-12-25-13-15-26(16-14-25)19-9-5-6-10-20(19)29-2/h3-10H,11-16H2,1-2H3,(H,23,27)(H,24,28). The van der Waals surface area contributed by atoms with Crippen LogP contribution in [-0.2, 0) is 9.59 Å². The number of para-hydroxylation sites is 3. The minimum Gasteiger partial charge on any atom is -0.495 e. The summed E-state index contributed by atoms with van der Waals surface area (Å²) in [5, 5.41) is 5.35. The smallest absolute Gasteiger partial charge is 0.313 e. The fourth-order valence-corrected chi connectivity index (χ4v) is 3.40. The Kier molecular flexibility index (Phi) is 7.08. The lowest BCUT2D eigenvalue weighted by molar-refractivity contribution is -0.136. The molecule has 3 rings (SSSR count). The summed E-state index contributed by atoms with van der Waals surface area (Å²) >= 11 is 0. The topological polar surface area (TPSA) is 73.9 Å². The molecule has 1 aliphatic heterocycles. The normalized spacial score (nSPS) is 14.3. The summed E-state index contributed by atoms with van der Waals surface area (Å²) in [4.78, 5) is 28.7. The molecule has 1 aliphatic rings. The van der Waals surface area contributed by atoms with Crippen molar-refractivity contribution in [1.29, 1.82) is 0 Å². The molecule has 1 fully saturated rings. The fourth-order valence-electron chi connectivity index (χ4n) is 3.40. The first-order chi connectivity index (χ1) is 14.1. The van der Waals surface area contributed by atoms with Crippen LogP contribution in [0, 0.1) is 6.92 Å². The molecule has 0 aromatic heterocycles. The number of nitrogens with zero attached hydrogens (tertiary/aromatic N) is 2. The molecule has 2 N–H and O–H groups in total. The Hall–Kier alpha value is -3.06. The third kappa shape index (κ3) is 5.48. The van der Waals surface area contributed by atoms with Gasteiger partial charge in [0.15, 0.2) is 0 Å². The number of carbonyl (C=O) groups is 2. The maximum absolute atomic E-state index is 12.1. The van der Waals surface area contributed by atoms with E-state index in [1.54, 1.807) is 13.2 Å². The number of ether oxygens (including phenoxy) is 1. The highest BCUT2D eigenvalue weighted by molar-refractivity contribution is 6.39. The number of anilines is 2. The van der Waals surface area contributed by atoms with Crippen LogP contribution in [0.3, 0.4) is 0 Å². The number of amides is 2. The molecule has 7 heteroatoms. The molecule has 1 heterocycles. The fraction of sp³-hybridized carbons (Fsp3) is 0.364. The van der Waals surface area contributed by atoms with Crippen molar-refractivity contribution in [2.75, 3.05) is 56.6 Å². The van der Waals surface area contributed by atoms with Crippen molar-refractivity contribution in [2.45, 2.75) is 6.92 Å². The first-order valence-electron chi connectivity index (χ1n) is 9.83. The SMILES string of the molecule is COc1ccccc1N1CCN(CCNC(=O)C(=O)Nc2ccccc2C)CC1. The summed E-state index contributed by atoms with van der Waals surface area (Å²) in [5.41, 5.74) is 2.68. The molecule has 0 atom stereocenters. The molecular weight excluding hydrogens is 368 g/mol. The molecule has 2 aromatic carbocycles. The quantitative estimate of drug-likeness (QED) is 0.730. The van der Waals surface area contributed by atoms with Crippen LogP contribution < -0.4 is 20.3 Å². The van der Waals surface area contributed by atoms with E-state index >= 15 is 0 Å². The average Bonchev–Trinajstić information content (AvgIpc) is 2.75. The van der Waals surface area contributed by atoms with Gasteiger partial charge in [0.25, 0.3) is 0 Å². The summed E-state index contributed by atoms with van der Waals surface area (Å²) in [6.07, 6.45) is 0. The van der Waals surface area contributed by atoms with Crippen molar-refractivity contribution in [3.63, 3.8) is 0 Å². The number of hydrogen-bond donors (Lipinski definition) is 2. The van der Waals surface area contributed by atoms with Gasteiger partial charge in [0, 0.05) is 45.0 Å². The maximum atomic E-state index is 12.1. The van der Waals surface area contributed by atoms with Gasteiger partial charge in [-0.3, -0.25) is 14.5 Å². The van der Waals surface area contributed by atoms with Crippen molar-refractivity contribution in [3.05, 3.63) is 54.1 Å². The van der Waals surface area contributed by atoms with E-state index in [4.69, 9.17) is 4.74 Å². The van der Waals surface area contributed by atoms with Crippen LogP contribution in [-0.4, -0.2) is 63.1 Å². The molecular formula is C22H28N4O3. The summed E-state index contributed by atoms with van der Waals surface area (Å²) in [6, 6.07) is 15.4. The summed E-state index contributed by atoms with van der Waals surface area (Å²) in [6.45, 7) is 6.60. The minimum absolute atomic E-state index is 0.439. The van der Waals surface area contributed by atoms with Gasteiger partial charge < -0.3 is 20.3 Å². The van der Waals surface area contributed by atoms with Crippen LogP contribution in [0.2, 0.25) is 0 Å². The number of rotatable bonds is 6. The molecule has 0 radical (unpaired) electrons. The van der Waals surface area contributed by atoms with Gasteiger partial charge >= 0.3 is 11.8 Å². The van der Waals surface area contributed by atoms with E-state index in [1.165, 1.54) is 0 Å². The molecule has 7 nitrogen and oxygen atoms in total. The Morgan fingerprint density at radius 3 is 2.38 bits per heavy atom. The van der Waals surface area contributed by atoms with E-state index in [9.17, 15) is 9.59 Å². The van der Waals surface area contributed by atoms with Gasteiger partial charge in [-0.05, 0) is 30.7 Å². The van der Waals surface area contributed by atoms with E-state index in [2.05, 4.69) is 26.5 Å². The second-order valence-electron chi connectivity index (χ2n) is 7.03. The first kappa shape index (κ1) is 20.7. The van der Waals surface area contributed by atoms with E-state index in [0.29, 0.717) is 18.8 Å². The third-order valence-corrected chi connectivity index (χ3v) is 5.11. The second kappa shape index (κ2) is 9.93. The molecule has 1 saturated heterocycles. The Labute approximate surface area is 171 Å². The number of nitrogens with one attached hydrogen (secondary N) is 2. The average molecular weight is 396 g/mol. The van der Waals surface area contributed by atoms with Gasteiger partial charge in [-0.2, -0.15) is 0 Å². The van der Waals surface area contributed by atoms with Crippen molar-refractivity contribution < 1.29 is 14.3 Å². The Bertz CT molecular complexity index is 847. The van der Waals surface area contributed by atoms with Crippen molar-refractivity contribution in [2.24, 2.45) is 0 Å². The summed E-state index contributed by atoms with van der Waals surface area (Å²) in [7, 11) is 1.69. The lowest BCUT2D eigenvalue weighted by Crippen LogP contribution is -2.49. The molecule has 2 amide bonds. The van der Waals surface area contributed by atoms with Crippen molar-refractivity contribution in [3.8, 4) is 5.75 Å². The molecule has 154 valence electrons. The molecule has 0 spiro atoms. The highest BCUT2D eigenvalue weighted by Gasteiger charge is 2.20. The highest BCUT2D eigenvalue weighted by atomic mass is 16.5. The molecule has 2 aromatic rings. The van der Waals surface area contributed by atoms with Gasteiger partial charge in [0.2, 0.25) is 0 Å². The Morgan fingerprint density at radius 1 is 0.966 bits per heavy atom. The van der Waals surface area contributed by atoms with E-state index in [0.717, 1.165) is 43.2 Å². The monoisotopic (exact) mass is 396 g/mol. The molecule has 0 unspecified atom stereocenters. The number of aryl methyl sites for hydroxylation is 1. The maximum Gasteiger partial charge on any atom is 0.313 e. The molecule has 0 bridgehead atoms. The van der Waals surface area contributed by atoms with Gasteiger partial charge in [-0.25, -0.2) is 0 Å². The number of carbonyl (C=O) groups excluding carboxylic acids is 2. The van der Waals surface area contributed by atoms with Crippen molar-refractivity contribution in [1.82, 2.24) is 10.2 Å². The lowest BCUT2D eigenvalue weighted by Gasteiger charge is -2.36. The summed E-state index contributed by atoms with van der Waals surface area (Å²) in [5.74, 6) is -0.367. The molecule has 0 aliphatic carbocycles. The van der Waals surface area contributed by atoms with Crippen LogP contribution in [0.4, 0.5) is 11.4 Å². The van der Waals surface area contributed by atoms with Crippen LogP contribution in [0.15, 0.2) is 48.5 Å². The predicted molar refractivity (Wildman–Crippen MR) is 114 cm³/mol. The minimum atomic E-state index is -0.639. The zero-order chi connectivity index (χ0) is 20.6. The van der Waals surface area contributed by atoms with Gasteiger partial charge in [0.05, 0.1) is 12.8 Å². The molecule has 29 heavy (non-hydrogen) atoms. The van der Waals surface area contributed by atoms with Gasteiger partial charge in [0.1, 0.15) is 5.75 Å². The zero-order valence-electron chi connectivity index (χ0n) is 17.0. The Morgan fingerprint density at radius 2 is 1.66 bits per heavy atom. The lowest BCUT2D eigenvalue weighted by atomic mass is 10.2. The number of benzene rings is 2. The first-order valence-corrected chi connectivity index (χ1v) is 9.83. The van der Waals surface area contributed by atoms with Crippen molar-refractivity contribution >= 4 is 23.2 Å². The summed E-state index contributed by atoms with van der Waals surface area (Å²) < 4.78 is 5.45. The van der Waals surface area contributed by atoms with Gasteiger partial charge in [-0.15, -0.1) is 0 Å². The number of methoxy groups -OCH3 is 1. The van der Waals surface area contributed by atoms with E-state index in [-0.39, 0.29) is 0 Å². The van der Waals surface area contributed by atoms with E-state index in [1.807, 2.05) is 43.3 Å². The second-order valence-corrected chi connectivity index (χ2v) is 7.03. The van der Waals surface area contributed by atoms with Crippen LogP contribution in [0.1, 0.15) is 5.56 Å². The van der Waals surface area contributed by atoms with Crippen LogP contribution >= 0.6 is 0 Å². The predicted octanol–water partition coefficient (Wildman–Crippen LogP) is 1.88. The number of hydrogen-bond acceptors (Lipinski definition) is 5. The zero-order valence-corrected chi connectivity index (χ0v) is 17.0. The number of piperazine rings is 1. The largest absolute Gasteiger partial charge is 0.495 e. The van der Waals surface area contributed by atoms with Crippen LogP contribution in [0.25, 0.3) is 0 Å². The van der Waals surface area contributed by atoms with Gasteiger partial charge in [-0.1, -0.05) is 30.3 Å². The Balaban J connectivity index is 1.40. The van der Waals surface area contributed by atoms with Crippen LogP contribution in [0.5, 0.6) is 5.75 Å². The highest BCUT2D eigenvalue weighted by Crippen LogP contribution is 2.28. The van der Waals surface area contributed by atoms with E-state index < -0.39 is 11.8 Å². The third-order valence-electron chi connectivity index (χ3n) is 5.11.